The lowest BCUT2D eigenvalue weighted by Crippen LogP contribution is -2.50. The number of hydrogen-bond acceptors (Lipinski definition) is 4. The number of carbonyl (C=O) groups is 1. The van der Waals surface area contributed by atoms with Crippen molar-refractivity contribution in [3.8, 4) is 0 Å². The van der Waals surface area contributed by atoms with Gasteiger partial charge in [-0.05, 0) is 25.0 Å². The molecule has 4 rings (SSSR count). The van der Waals surface area contributed by atoms with Gasteiger partial charge < -0.3 is 19.4 Å². The van der Waals surface area contributed by atoms with Crippen LogP contribution in [0.5, 0.6) is 0 Å². The lowest BCUT2D eigenvalue weighted by molar-refractivity contribution is 0.0934. The van der Waals surface area contributed by atoms with Crippen LogP contribution in [0.1, 0.15) is 24.8 Å². The molecule has 1 saturated heterocycles. The molecule has 3 aliphatic rings. The molecule has 1 unspecified atom stereocenters. The molecule has 118 valence electrons. The highest BCUT2D eigenvalue weighted by molar-refractivity contribution is 5.81. The van der Waals surface area contributed by atoms with E-state index in [1.807, 2.05) is 11.8 Å². The van der Waals surface area contributed by atoms with E-state index in [-0.39, 0.29) is 6.09 Å². The number of likely N-dealkylation sites (N-methyl/N-ethyl adjacent to an activating group) is 1. The van der Waals surface area contributed by atoms with Crippen LogP contribution in [0.2, 0.25) is 0 Å². The number of anilines is 2. The van der Waals surface area contributed by atoms with Crippen LogP contribution in [0.4, 0.5) is 16.2 Å². The molecule has 0 aromatic heterocycles. The maximum atomic E-state index is 12.1. The van der Waals surface area contributed by atoms with Gasteiger partial charge in [0, 0.05) is 45.2 Å². The predicted molar refractivity (Wildman–Crippen MR) is 86.8 cm³/mol. The van der Waals surface area contributed by atoms with E-state index < -0.39 is 0 Å². The second-order valence-corrected chi connectivity index (χ2v) is 6.44. The summed E-state index contributed by atoms with van der Waals surface area (Å²) in [6.07, 6.45) is 0.866. The van der Waals surface area contributed by atoms with E-state index in [1.54, 1.807) is 0 Å². The maximum absolute atomic E-state index is 12.1. The van der Waals surface area contributed by atoms with E-state index >= 15 is 0 Å². The molecular formula is C17H23N3O2. The summed E-state index contributed by atoms with van der Waals surface area (Å²) in [5, 5.41) is 0. The van der Waals surface area contributed by atoms with Gasteiger partial charge in [-0.25, -0.2) is 4.79 Å². The number of rotatable bonds is 1. The Kier molecular flexibility index (Phi) is 3.17. The number of nitrogens with zero attached hydrogens (tertiary/aromatic N) is 3. The fraction of sp³-hybridized carbons (Fsp3) is 0.588. The average Bonchev–Trinajstić information content (AvgIpc) is 2.86. The van der Waals surface area contributed by atoms with Crippen molar-refractivity contribution in [1.29, 1.82) is 0 Å². The fourth-order valence-electron chi connectivity index (χ4n) is 4.29. The van der Waals surface area contributed by atoms with Gasteiger partial charge in [-0.1, -0.05) is 12.1 Å². The van der Waals surface area contributed by atoms with Crippen molar-refractivity contribution < 1.29 is 9.53 Å². The number of ether oxygens (including phenoxy) is 1. The highest BCUT2D eigenvalue weighted by atomic mass is 16.6. The first-order valence-corrected chi connectivity index (χ1v) is 8.23. The van der Waals surface area contributed by atoms with Crippen LogP contribution in [0.3, 0.4) is 0 Å². The van der Waals surface area contributed by atoms with E-state index in [0.717, 1.165) is 32.6 Å². The molecule has 0 aliphatic carbocycles. The van der Waals surface area contributed by atoms with Gasteiger partial charge in [0.2, 0.25) is 0 Å². The second-order valence-electron chi connectivity index (χ2n) is 6.44. The summed E-state index contributed by atoms with van der Waals surface area (Å²) in [5.74, 6) is 0.416. The third-order valence-corrected chi connectivity index (χ3v) is 5.32. The van der Waals surface area contributed by atoms with Crippen LogP contribution in [0, 0.1) is 0 Å². The Labute approximate surface area is 131 Å². The van der Waals surface area contributed by atoms with Gasteiger partial charge in [0.15, 0.2) is 0 Å². The van der Waals surface area contributed by atoms with E-state index in [0.29, 0.717) is 18.6 Å². The molecule has 22 heavy (non-hydrogen) atoms. The summed E-state index contributed by atoms with van der Waals surface area (Å²) >= 11 is 0. The Hall–Kier alpha value is -1.91. The van der Waals surface area contributed by atoms with Crippen molar-refractivity contribution in [2.45, 2.75) is 25.3 Å². The Morgan fingerprint density at radius 3 is 3.00 bits per heavy atom. The summed E-state index contributed by atoms with van der Waals surface area (Å²) in [6, 6.07) is 7.14. The molecule has 0 bridgehead atoms. The van der Waals surface area contributed by atoms with Crippen molar-refractivity contribution >= 4 is 17.5 Å². The SMILES string of the molecule is CCOC(=O)N1CCC2[C@@H](C1)c1cccc3c1N2CCN3C. The van der Waals surface area contributed by atoms with Gasteiger partial charge in [0.25, 0.3) is 0 Å². The summed E-state index contributed by atoms with van der Waals surface area (Å²) in [7, 11) is 2.17. The monoisotopic (exact) mass is 301 g/mol. The van der Waals surface area contributed by atoms with Crippen molar-refractivity contribution in [2.24, 2.45) is 0 Å². The zero-order chi connectivity index (χ0) is 15.3. The zero-order valence-corrected chi connectivity index (χ0v) is 13.3. The number of carbonyl (C=O) groups excluding carboxylic acids is 1. The minimum atomic E-state index is -0.163. The number of likely N-dealkylation sites (tertiary alicyclic amines) is 1. The van der Waals surface area contributed by atoms with E-state index in [1.165, 1.54) is 16.9 Å². The van der Waals surface area contributed by atoms with Gasteiger partial charge in [0.1, 0.15) is 0 Å². The number of piperidine rings is 1. The first-order valence-electron chi connectivity index (χ1n) is 8.23. The van der Waals surface area contributed by atoms with Gasteiger partial charge in [0.05, 0.1) is 18.0 Å². The number of amides is 1. The fourth-order valence-corrected chi connectivity index (χ4v) is 4.29. The van der Waals surface area contributed by atoms with E-state index in [9.17, 15) is 4.79 Å². The first-order chi connectivity index (χ1) is 10.7. The molecule has 1 amide bonds. The molecule has 2 atom stereocenters. The number of hydrogen-bond donors (Lipinski definition) is 0. The van der Waals surface area contributed by atoms with Crippen molar-refractivity contribution in [3.63, 3.8) is 0 Å². The Morgan fingerprint density at radius 1 is 1.32 bits per heavy atom. The minimum absolute atomic E-state index is 0.163. The van der Waals surface area contributed by atoms with Crippen LogP contribution in [0.15, 0.2) is 18.2 Å². The molecule has 1 aromatic rings. The molecule has 1 fully saturated rings. The molecule has 5 heteroatoms. The molecular weight excluding hydrogens is 278 g/mol. The molecule has 0 radical (unpaired) electrons. The third-order valence-electron chi connectivity index (χ3n) is 5.32. The molecule has 0 saturated carbocycles. The topological polar surface area (TPSA) is 36.0 Å². The van der Waals surface area contributed by atoms with Crippen molar-refractivity contribution in [2.75, 3.05) is 49.6 Å². The van der Waals surface area contributed by atoms with Crippen LogP contribution >= 0.6 is 0 Å². The molecule has 3 heterocycles. The molecule has 3 aliphatic heterocycles. The van der Waals surface area contributed by atoms with Gasteiger partial charge in [-0.15, -0.1) is 0 Å². The number of para-hydroxylation sites is 1. The molecule has 5 nitrogen and oxygen atoms in total. The Bertz CT molecular complexity index is 604. The lowest BCUT2D eigenvalue weighted by Gasteiger charge is -2.41. The van der Waals surface area contributed by atoms with Crippen molar-refractivity contribution in [3.05, 3.63) is 23.8 Å². The highest BCUT2D eigenvalue weighted by Crippen LogP contribution is 2.50. The summed E-state index contributed by atoms with van der Waals surface area (Å²) < 4.78 is 5.19. The standard InChI is InChI=1S/C17H23N3O2/c1-3-22-17(21)19-8-7-14-13(11-19)12-5-4-6-15-16(12)20(14)10-9-18(15)2/h4-6,13-14H,3,7-11H2,1-2H3/t13-,14?/m0/s1. The third kappa shape index (κ3) is 1.87. The Balaban J connectivity index is 1.67. The van der Waals surface area contributed by atoms with Crippen LogP contribution in [-0.4, -0.2) is 56.9 Å². The second kappa shape index (κ2) is 5.07. The van der Waals surface area contributed by atoms with Crippen molar-refractivity contribution in [1.82, 2.24) is 4.90 Å². The molecule has 0 N–H and O–H groups in total. The van der Waals surface area contributed by atoms with Gasteiger partial charge in [-0.2, -0.15) is 0 Å². The first kappa shape index (κ1) is 13.7. The quantitative estimate of drug-likeness (QED) is 0.797. The lowest BCUT2D eigenvalue weighted by atomic mass is 9.89. The van der Waals surface area contributed by atoms with Crippen LogP contribution in [0.25, 0.3) is 0 Å². The number of benzene rings is 1. The number of fused-ring (bicyclic) bond motifs is 3. The summed E-state index contributed by atoms with van der Waals surface area (Å²) in [6.45, 7) is 6.04. The Morgan fingerprint density at radius 2 is 2.18 bits per heavy atom. The van der Waals surface area contributed by atoms with E-state index in [2.05, 4.69) is 35.0 Å². The van der Waals surface area contributed by atoms with Gasteiger partial charge >= 0.3 is 6.09 Å². The summed E-state index contributed by atoms with van der Waals surface area (Å²) in [4.78, 5) is 18.9. The highest BCUT2D eigenvalue weighted by Gasteiger charge is 2.45. The van der Waals surface area contributed by atoms with Crippen LogP contribution in [-0.2, 0) is 4.74 Å². The summed E-state index contributed by atoms with van der Waals surface area (Å²) in [5.41, 5.74) is 4.14. The normalized spacial score (nSPS) is 25.8. The van der Waals surface area contributed by atoms with Crippen LogP contribution < -0.4 is 9.80 Å². The molecule has 1 aromatic carbocycles. The van der Waals surface area contributed by atoms with Gasteiger partial charge in [-0.3, -0.25) is 0 Å². The average molecular weight is 301 g/mol. The zero-order valence-electron chi connectivity index (χ0n) is 13.3. The minimum Gasteiger partial charge on any atom is -0.450 e. The molecule has 0 spiro atoms. The smallest absolute Gasteiger partial charge is 0.409 e. The van der Waals surface area contributed by atoms with E-state index in [4.69, 9.17) is 4.74 Å². The largest absolute Gasteiger partial charge is 0.450 e. The maximum Gasteiger partial charge on any atom is 0.409 e. The predicted octanol–water partition coefficient (Wildman–Crippen LogP) is 2.27.